The molecule has 0 aromatic heterocycles. The predicted octanol–water partition coefficient (Wildman–Crippen LogP) is 1.73. The molecule has 4 nitrogen and oxygen atoms in total. The maximum absolute atomic E-state index is 12.0. The van der Waals surface area contributed by atoms with Gasteiger partial charge in [-0.15, -0.1) is 0 Å². The lowest BCUT2D eigenvalue weighted by Crippen LogP contribution is -2.49. The zero-order valence-corrected chi connectivity index (χ0v) is 10.7. The largest absolute Gasteiger partial charge is 0.393 e. The lowest BCUT2D eigenvalue weighted by atomic mass is 9.93. The zero-order chi connectivity index (χ0) is 12.3. The summed E-state index contributed by atoms with van der Waals surface area (Å²) in [5.74, 6) is 0.627. The first-order valence-electron chi connectivity index (χ1n) is 6.88. The summed E-state index contributed by atoms with van der Waals surface area (Å²) in [6, 6.07) is 0.362. The predicted molar refractivity (Wildman–Crippen MR) is 66.8 cm³/mol. The number of rotatable bonds is 1. The first kappa shape index (κ1) is 12.7. The Kier molecular flexibility index (Phi) is 4.26. The Hall–Kier alpha value is -0.770. The minimum absolute atomic E-state index is 0.0953. The van der Waals surface area contributed by atoms with Gasteiger partial charge in [-0.2, -0.15) is 0 Å². The fraction of sp³-hybridized carbons (Fsp3) is 0.923. The van der Waals surface area contributed by atoms with E-state index in [1.165, 1.54) is 6.42 Å². The van der Waals surface area contributed by atoms with Crippen LogP contribution in [-0.2, 0) is 0 Å². The number of piperidine rings is 1. The topological polar surface area (TPSA) is 52.6 Å². The first-order valence-corrected chi connectivity index (χ1v) is 6.88. The number of nitrogens with one attached hydrogen (secondary N) is 1. The van der Waals surface area contributed by atoms with Gasteiger partial charge < -0.3 is 15.3 Å². The van der Waals surface area contributed by atoms with E-state index in [1.807, 2.05) is 4.90 Å². The number of carbonyl (C=O) groups excluding carboxylic acids is 1. The maximum Gasteiger partial charge on any atom is 0.317 e. The smallest absolute Gasteiger partial charge is 0.317 e. The van der Waals surface area contributed by atoms with Crippen LogP contribution in [0.5, 0.6) is 0 Å². The van der Waals surface area contributed by atoms with Crippen molar-refractivity contribution in [2.45, 2.75) is 57.6 Å². The Balaban J connectivity index is 1.76. The van der Waals surface area contributed by atoms with Crippen LogP contribution in [0.4, 0.5) is 4.79 Å². The fourth-order valence-corrected chi connectivity index (χ4v) is 2.86. The molecule has 0 bridgehead atoms. The Morgan fingerprint density at radius 3 is 2.59 bits per heavy atom. The fourth-order valence-electron chi connectivity index (χ4n) is 2.86. The summed E-state index contributed by atoms with van der Waals surface area (Å²) >= 11 is 0. The third-order valence-electron chi connectivity index (χ3n) is 3.97. The van der Waals surface area contributed by atoms with Gasteiger partial charge in [0.15, 0.2) is 0 Å². The summed E-state index contributed by atoms with van der Waals surface area (Å²) in [7, 11) is 0. The minimum atomic E-state index is -0.154. The molecule has 1 heterocycles. The highest BCUT2D eigenvalue weighted by atomic mass is 16.3. The molecule has 0 spiro atoms. The van der Waals surface area contributed by atoms with E-state index in [0.29, 0.717) is 5.92 Å². The van der Waals surface area contributed by atoms with Crippen LogP contribution in [0.1, 0.15) is 45.4 Å². The third kappa shape index (κ3) is 3.60. The normalized spacial score (nSPS) is 34.5. The molecule has 1 atom stereocenters. The molecule has 2 fully saturated rings. The molecule has 2 amide bonds. The van der Waals surface area contributed by atoms with Gasteiger partial charge in [-0.3, -0.25) is 0 Å². The number of carbonyl (C=O) groups is 1. The molecule has 1 aliphatic heterocycles. The highest BCUT2D eigenvalue weighted by Crippen LogP contribution is 2.20. The van der Waals surface area contributed by atoms with Crippen LogP contribution in [0.2, 0.25) is 0 Å². The van der Waals surface area contributed by atoms with Crippen molar-refractivity contribution < 1.29 is 9.90 Å². The van der Waals surface area contributed by atoms with Gasteiger partial charge in [-0.05, 0) is 44.4 Å². The molecule has 1 saturated carbocycles. The number of urea groups is 1. The van der Waals surface area contributed by atoms with E-state index in [4.69, 9.17) is 0 Å². The van der Waals surface area contributed by atoms with E-state index in [2.05, 4.69) is 12.2 Å². The zero-order valence-electron chi connectivity index (χ0n) is 10.7. The average Bonchev–Trinajstić information content (AvgIpc) is 2.32. The Morgan fingerprint density at radius 2 is 1.94 bits per heavy atom. The van der Waals surface area contributed by atoms with E-state index < -0.39 is 0 Å². The molecule has 0 aromatic rings. The number of nitrogens with zero attached hydrogens (tertiary/aromatic N) is 1. The van der Waals surface area contributed by atoms with Crippen molar-refractivity contribution in [3.05, 3.63) is 0 Å². The van der Waals surface area contributed by atoms with Crippen LogP contribution in [0, 0.1) is 5.92 Å². The molecular weight excluding hydrogens is 216 g/mol. The third-order valence-corrected chi connectivity index (χ3v) is 3.97. The second-order valence-corrected chi connectivity index (χ2v) is 5.65. The van der Waals surface area contributed by atoms with Gasteiger partial charge in [0.05, 0.1) is 6.10 Å². The molecule has 17 heavy (non-hydrogen) atoms. The Morgan fingerprint density at radius 1 is 1.24 bits per heavy atom. The molecule has 4 heteroatoms. The highest BCUT2D eigenvalue weighted by molar-refractivity contribution is 5.74. The molecule has 1 saturated heterocycles. The molecule has 2 N–H and O–H groups in total. The minimum Gasteiger partial charge on any atom is -0.393 e. The van der Waals surface area contributed by atoms with Gasteiger partial charge in [-0.25, -0.2) is 4.79 Å². The molecule has 1 unspecified atom stereocenters. The van der Waals surface area contributed by atoms with Gasteiger partial charge in [-0.1, -0.05) is 6.92 Å². The number of amides is 2. The van der Waals surface area contributed by atoms with Crippen LogP contribution in [0.25, 0.3) is 0 Å². The summed E-state index contributed by atoms with van der Waals surface area (Å²) < 4.78 is 0. The van der Waals surface area contributed by atoms with Crippen molar-refractivity contribution in [3.8, 4) is 0 Å². The van der Waals surface area contributed by atoms with Crippen molar-refractivity contribution in [1.82, 2.24) is 10.2 Å². The van der Waals surface area contributed by atoms with E-state index in [9.17, 15) is 9.90 Å². The van der Waals surface area contributed by atoms with Crippen LogP contribution < -0.4 is 5.32 Å². The van der Waals surface area contributed by atoms with Crippen LogP contribution in [0.3, 0.4) is 0 Å². The molecular formula is C13H24N2O2. The van der Waals surface area contributed by atoms with Crippen LogP contribution in [-0.4, -0.2) is 41.3 Å². The second-order valence-electron chi connectivity index (χ2n) is 5.65. The number of aliphatic hydroxyl groups excluding tert-OH is 1. The van der Waals surface area contributed by atoms with Crippen molar-refractivity contribution >= 4 is 6.03 Å². The number of aliphatic hydroxyl groups is 1. The summed E-state index contributed by atoms with van der Waals surface area (Å²) in [5, 5.41) is 12.5. The average molecular weight is 240 g/mol. The number of hydrogen-bond acceptors (Lipinski definition) is 2. The van der Waals surface area contributed by atoms with Gasteiger partial charge in [0.2, 0.25) is 0 Å². The molecule has 2 aliphatic rings. The molecule has 98 valence electrons. The Labute approximate surface area is 103 Å². The van der Waals surface area contributed by atoms with Gasteiger partial charge in [0, 0.05) is 19.1 Å². The van der Waals surface area contributed by atoms with E-state index in [1.54, 1.807) is 0 Å². The summed E-state index contributed by atoms with van der Waals surface area (Å²) in [6.45, 7) is 3.99. The molecule has 0 radical (unpaired) electrons. The monoisotopic (exact) mass is 240 g/mol. The van der Waals surface area contributed by atoms with Crippen molar-refractivity contribution in [2.24, 2.45) is 5.92 Å². The quantitative estimate of drug-likeness (QED) is 0.733. The van der Waals surface area contributed by atoms with Gasteiger partial charge in [0.1, 0.15) is 0 Å². The molecule has 0 aromatic carbocycles. The summed E-state index contributed by atoms with van der Waals surface area (Å²) in [4.78, 5) is 14.0. The van der Waals surface area contributed by atoms with Crippen molar-refractivity contribution in [3.63, 3.8) is 0 Å². The SMILES string of the molecule is CC1CCCN(C(=O)NC2CCC(O)CC2)C1. The van der Waals surface area contributed by atoms with E-state index in [0.717, 1.165) is 45.2 Å². The molecule has 2 rings (SSSR count). The first-order chi connectivity index (χ1) is 8.15. The van der Waals surface area contributed by atoms with Crippen LogP contribution >= 0.6 is 0 Å². The summed E-state index contributed by atoms with van der Waals surface area (Å²) in [6.07, 6.45) is 5.67. The maximum atomic E-state index is 12.0. The van der Waals surface area contributed by atoms with Gasteiger partial charge in [0.25, 0.3) is 0 Å². The van der Waals surface area contributed by atoms with Crippen molar-refractivity contribution in [2.75, 3.05) is 13.1 Å². The summed E-state index contributed by atoms with van der Waals surface area (Å²) in [5.41, 5.74) is 0. The number of likely N-dealkylation sites (tertiary alicyclic amines) is 1. The number of hydrogen-bond donors (Lipinski definition) is 2. The van der Waals surface area contributed by atoms with Crippen LogP contribution in [0.15, 0.2) is 0 Å². The lowest BCUT2D eigenvalue weighted by Gasteiger charge is -2.33. The van der Waals surface area contributed by atoms with E-state index >= 15 is 0 Å². The lowest BCUT2D eigenvalue weighted by molar-refractivity contribution is 0.113. The van der Waals surface area contributed by atoms with E-state index in [-0.39, 0.29) is 18.2 Å². The van der Waals surface area contributed by atoms with Crippen molar-refractivity contribution in [1.29, 1.82) is 0 Å². The second kappa shape index (κ2) is 5.71. The van der Waals surface area contributed by atoms with Gasteiger partial charge >= 0.3 is 6.03 Å². The Bertz CT molecular complexity index is 262. The highest BCUT2D eigenvalue weighted by Gasteiger charge is 2.25. The molecule has 1 aliphatic carbocycles. The standard InChI is InChI=1S/C13H24N2O2/c1-10-3-2-8-15(9-10)13(17)14-11-4-6-12(16)7-5-11/h10-12,16H,2-9H2,1H3,(H,14,17).